The summed E-state index contributed by atoms with van der Waals surface area (Å²) in [5.74, 6) is 0.187. The summed E-state index contributed by atoms with van der Waals surface area (Å²) in [6.45, 7) is 13.6. The Balaban J connectivity index is 1.71. The minimum absolute atomic E-state index is 0.111. The lowest BCUT2D eigenvalue weighted by atomic mass is 10.3. The van der Waals surface area contributed by atoms with Crippen molar-refractivity contribution < 1.29 is 52.2 Å². The van der Waals surface area contributed by atoms with Gasteiger partial charge in [0.25, 0.3) is 0 Å². The molecule has 12 nitrogen and oxygen atoms in total. The minimum atomic E-state index is -0.415. The number of rotatable bonds is 27. The molecule has 0 aliphatic heterocycles. The van der Waals surface area contributed by atoms with Crippen LogP contribution in [-0.4, -0.2) is 118 Å². The van der Waals surface area contributed by atoms with E-state index in [1.54, 1.807) is 31.2 Å². The fourth-order valence-corrected chi connectivity index (χ4v) is 2.79. The molecule has 0 fully saturated rings. The summed E-state index contributed by atoms with van der Waals surface area (Å²) in [5, 5.41) is 2.70. The average molecular weight is 572 g/mol. The first-order valence-corrected chi connectivity index (χ1v) is 13.4. The Morgan fingerprint density at radius 2 is 0.925 bits per heavy atom. The van der Waals surface area contributed by atoms with Gasteiger partial charge in [0.2, 0.25) is 5.91 Å². The number of amides is 1. The van der Waals surface area contributed by atoms with Crippen molar-refractivity contribution in [2.75, 3.05) is 111 Å². The Hall–Kier alpha value is -2.58. The van der Waals surface area contributed by atoms with Crippen molar-refractivity contribution in [2.24, 2.45) is 0 Å². The van der Waals surface area contributed by atoms with Crippen LogP contribution in [0.2, 0.25) is 0 Å². The first kappa shape index (κ1) is 35.4. The number of anilines is 1. The van der Waals surface area contributed by atoms with Gasteiger partial charge in [-0.25, -0.2) is 4.79 Å². The highest BCUT2D eigenvalue weighted by Crippen LogP contribution is 2.15. The average Bonchev–Trinajstić information content (AvgIpc) is 2.93. The van der Waals surface area contributed by atoms with E-state index >= 15 is 0 Å². The predicted octanol–water partition coefficient (Wildman–Crippen LogP) is 2.26. The Morgan fingerprint density at radius 1 is 0.575 bits per heavy atom. The van der Waals surface area contributed by atoms with Crippen molar-refractivity contribution in [3.05, 3.63) is 36.4 Å². The molecular formula is C28H45NO11. The van der Waals surface area contributed by atoms with Crippen molar-refractivity contribution in [2.45, 2.75) is 13.8 Å². The topological polar surface area (TPSA) is 129 Å². The summed E-state index contributed by atoms with van der Waals surface area (Å²) < 4.78 is 48.4. The van der Waals surface area contributed by atoms with Crippen LogP contribution in [0.25, 0.3) is 0 Å². The second-order valence-corrected chi connectivity index (χ2v) is 8.26. The van der Waals surface area contributed by atoms with Gasteiger partial charge in [-0.15, -0.1) is 0 Å². The van der Waals surface area contributed by atoms with Crippen molar-refractivity contribution in [1.82, 2.24) is 0 Å². The number of esters is 1. The van der Waals surface area contributed by atoms with Gasteiger partial charge in [-0.3, -0.25) is 4.79 Å². The lowest BCUT2D eigenvalue weighted by Crippen LogP contribution is -2.15. The standard InChI is InChI=1S/C28H45NO11/c1-24(2)28(31)40-23-21-38-19-17-36-15-13-34-11-9-32-8-10-33-12-14-35-16-18-37-20-22-39-27-6-4-26(5-7-27)29-25(3)30/h4-7H,1,8-23H2,2-3H3,(H,29,30). The van der Waals surface area contributed by atoms with E-state index in [2.05, 4.69) is 11.9 Å². The molecule has 1 aromatic carbocycles. The number of carbonyl (C=O) groups excluding carboxylic acids is 2. The van der Waals surface area contributed by atoms with Gasteiger partial charge < -0.3 is 47.9 Å². The molecule has 1 aromatic rings. The number of carbonyl (C=O) groups is 2. The molecule has 0 heterocycles. The molecule has 40 heavy (non-hydrogen) atoms. The minimum Gasteiger partial charge on any atom is -0.491 e. The van der Waals surface area contributed by atoms with E-state index in [4.69, 9.17) is 42.6 Å². The fraction of sp³-hybridized carbons (Fsp3) is 0.643. The lowest BCUT2D eigenvalue weighted by Gasteiger charge is -2.09. The Labute approximate surface area is 237 Å². The van der Waals surface area contributed by atoms with Crippen LogP contribution >= 0.6 is 0 Å². The van der Waals surface area contributed by atoms with Crippen LogP contribution in [0.5, 0.6) is 5.75 Å². The third-order valence-electron chi connectivity index (χ3n) is 4.71. The van der Waals surface area contributed by atoms with E-state index in [-0.39, 0.29) is 12.5 Å². The zero-order valence-corrected chi connectivity index (χ0v) is 23.8. The molecular weight excluding hydrogens is 526 g/mol. The van der Waals surface area contributed by atoms with E-state index in [9.17, 15) is 9.59 Å². The Kier molecular flexibility index (Phi) is 22.5. The number of hydrogen-bond acceptors (Lipinski definition) is 11. The van der Waals surface area contributed by atoms with Crippen LogP contribution in [0.1, 0.15) is 13.8 Å². The van der Waals surface area contributed by atoms with Gasteiger partial charge in [-0.1, -0.05) is 6.58 Å². The third kappa shape index (κ3) is 22.3. The summed E-state index contributed by atoms with van der Waals surface area (Å²) in [7, 11) is 0. The highest BCUT2D eigenvalue weighted by atomic mass is 16.6. The smallest absolute Gasteiger partial charge is 0.333 e. The van der Waals surface area contributed by atoms with Crippen molar-refractivity contribution in [3.8, 4) is 5.75 Å². The van der Waals surface area contributed by atoms with Crippen molar-refractivity contribution in [1.29, 1.82) is 0 Å². The summed E-state index contributed by atoms with van der Waals surface area (Å²) >= 11 is 0. The van der Waals surface area contributed by atoms with Gasteiger partial charge >= 0.3 is 5.97 Å². The zero-order valence-electron chi connectivity index (χ0n) is 23.8. The molecule has 12 heteroatoms. The molecule has 0 saturated carbocycles. The van der Waals surface area contributed by atoms with Crippen LogP contribution < -0.4 is 10.1 Å². The van der Waals surface area contributed by atoms with Crippen LogP contribution in [0.3, 0.4) is 0 Å². The molecule has 0 saturated heterocycles. The molecule has 0 atom stereocenters. The fourth-order valence-electron chi connectivity index (χ4n) is 2.79. The number of hydrogen-bond donors (Lipinski definition) is 1. The van der Waals surface area contributed by atoms with E-state index in [1.807, 2.05) is 0 Å². The first-order valence-electron chi connectivity index (χ1n) is 13.4. The van der Waals surface area contributed by atoms with Crippen molar-refractivity contribution in [3.63, 3.8) is 0 Å². The quantitative estimate of drug-likeness (QED) is 0.0948. The van der Waals surface area contributed by atoms with Gasteiger partial charge in [0.05, 0.1) is 92.5 Å². The summed E-state index contributed by atoms with van der Waals surface area (Å²) in [6, 6.07) is 7.16. The normalized spacial score (nSPS) is 10.8. The number of benzene rings is 1. The summed E-state index contributed by atoms with van der Waals surface area (Å²) in [5.41, 5.74) is 1.10. The number of ether oxygens (including phenoxy) is 9. The van der Waals surface area contributed by atoms with Crippen LogP contribution in [0, 0.1) is 0 Å². The Bertz CT molecular complexity index is 789. The molecule has 0 spiro atoms. The molecule has 0 aliphatic carbocycles. The highest BCUT2D eigenvalue weighted by molar-refractivity contribution is 5.88. The molecule has 0 aliphatic rings. The predicted molar refractivity (Wildman–Crippen MR) is 148 cm³/mol. The molecule has 228 valence electrons. The SMILES string of the molecule is C=C(C)C(=O)OCCOCCOCCOCCOCCOCCOCCOCCOc1ccc(NC(C)=O)cc1. The monoisotopic (exact) mass is 571 g/mol. The van der Waals surface area contributed by atoms with E-state index in [1.165, 1.54) is 6.92 Å². The van der Waals surface area contributed by atoms with Gasteiger partial charge in [0.15, 0.2) is 0 Å². The maximum absolute atomic E-state index is 11.2. The summed E-state index contributed by atoms with van der Waals surface area (Å²) in [4.78, 5) is 22.2. The molecule has 0 unspecified atom stereocenters. The second-order valence-electron chi connectivity index (χ2n) is 8.26. The molecule has 0 radical (unpaired) electrons. The second kappa shape index (κ2) is 25.4. The third-order valence-corrected chi connectivity index (χ3v) is 4.71. The van der Waals surface area contributed by atoms with Gasteiger partial charge in [0.1, 0.15) is 19.0 Å². The molecule has 1 N–H and O–H groups in total. The van der Waals surface area contributed by atoms with Gasteiger partial charge in [-0.2, -0.15) is 0 Å². The van der Waals surface area contributed by atoms with Crippen LogP contribution in [0.4, 0.5) is 5.69 Å². The van der Waals surface area contributed by atoms with Gasteiger partial charge in [0, 0.05) is 18.2 Å². The Morgan fingerprint density at radius 3 is 1.27 bits per heavy atom. The molecule has 1 amide bonds. The summed E-state index contributed by atoms with van der Waals surface area (Å²) in [6.07, 6.45) is 0. The molecule has 0 aromatic heterocycles. The van der Waals surface area contributed by atoms with E-state index in [0.717, 1.165) is 5.69 Å². The lowest BCUT2D eigenvalue weighted by molar-refractivity contribution is -0.140. The van der Waals surface area contributed by atoms with Crippen LogP contribution in [-0.2, 0) is 47.5 Å². The van der Waals surface area contributed by atoms with Crippen LogP contribution in [0.15, 0.2) is 36.4 Å². The first-order chi connectivity index (χ1) is 19.5. The largest absolute Gasteiger partial charge is 0.491 e. The maximum Gasteiger partial charge on any atom is 0.333 e. The highest BCUT2D eigenvalue weighted by Gasteiger charge is 2.02. The van der Waals surface area contributed by atoms with Gasteiger partial charge in [-0.05, 0) is 31.2 Å². The van der Waals surface area contributed by atoms with E-state index < -0.39 is 5.97 Å². The molecule has 0 bridgehead atoms. The maximum atomic E-state index is 11.2. The molecule has 1 rings (SSSR count). The zero-order chi connectivity index (χ0) is 29.1. The van der Waals surface area contributed by atoms with E-state index in [0.29, 0.717) is 110 Å². The van der Waals surface area contributed by atoms with Crippen molar-refractivity contribution >= 4 is 17.6 Å². The number of nitrogens with one attached hydrogen (secondary N) is 1.